The Hall–Kier alpha value is -1.88. The summed E-state index contributed by atoms with van der Waals surface area (Å²) in [4.78, 5) is 22.6. The number of hydrogen-bond donors (Lipinski definition) is 3. The van der Waals surface area contributed by atoms with E-state index in [1.807, 2.05) is 6.07 Å². The second kappa shape index (κ2) is 6.76. The van der Waals surface area contributed by atoms with E-state index in [0.29, 0.717) is 5.56 Å². The van der Waals surface area contributed by atoms with Crippen LogP contribution in [-0.4, -0.2) is 29.6 Å². The maximum atomic E-state index is 11.4. The Morgan fingerprint density at radius 1 is 1.33 bits per heavy atom. The second-order valence-corrected chi connectivity index (χ2v) is 4.29. The van der Waals surface area contributed by atoms with Crippen molar-refractivity contribution in [1.82, 2.24) is 5.32 Å². The molecule has 18 heavy (non-hydrogen) atoms. The summed E-state index contributed by atoms with van der Waals surface area (Å²) in [6.07, 6.45) is 0.196. The molecule has 0 bridgehead atoms. The number of carbonyl (C=O) groups is 2. The number of nitrogens with two attached hydrogens (primary N) is 1. The summed E-state index contributed by atoms with van der Waals surface area (Å²) in [5, 5.41) is 11.7. The predicted octanol–water partition coefficient (Wildman–Crippen LogP) is 0.708. The number of carboxylic acids is 1. The number of carbonyl (C=O) groups excluding carboxylic acids is 1. The summed E-state index contributed by atoms with van der Waals surface area (Å²) in [6.45, 7) is 1.80. The highest BCUT2D eigenvalue weighted by molar-refractivity contribution is 5.80. The molecule has 0 aliphatic heterocycles. The highest BCUT2D eigenvalue weighted by Gasteiger charge is 2.20. The Labute approximate surface area is 106 Å². The van der Waals surface area contributed by atoms with Crippen molar-refractivity contribution < 1.29 is 14.7 Å². The van der Waals surface area contributed by atoms with Gasteiger partial charge < -0.3 is 16.2 Å². The van der Waals surface area contributed by atoms with Crippen molar-refractivity contribution in [2.24, 2.45) is 5.73 Å². The number of nitrogens with one attached hydrogen (secondary N) is 1. The normalized spacial score (nSPS) is 13.7. The van der Waals surface area contributed by atoms with Gasteiger partial charge in [-0.25, -0.2) is 0 Å². The van der Waals surface area contributed by atoms with E-state index in [0.717, 1.165) is 0 Å². The zero-order chi connectivity index (χ0) is 13.5. The SMILES string of the molecule is CC(N)CC(=O)NCC(C(=O)O)c1ccccc1. The van der Waals surface area contributed by atoms with Crippen LogP contribution in [-0.2, 0) is 9.59 Å². The lowest BCUT2D eigenvalue weighted by atomic mass is 9.99. The molecular formula is C13H18N2O3. The van der Waals surface area contributed by atoms with Crippen molar-refractivity contribution in [3.8, 4) is 0 Å². The largest absolute Gasteiger partial charge is 0.481 e. The van der Waals surface area contributed by atoms with E-state index in [-0.39, 0.29) is 24.9 Å². The first-order chi connectivity index (χ1) is 8.50. The maximum absolute atomic E-state index is 11.4. The van der Waals surface area contributed by atoms with E-state index >= 15 is 0 Å². The van der Waals surface area contributed by atoms with Gasteiger partial charge in [0, 0.05) is 19.0 Å². The fraction of sp³-hybridized carbons (Fsp3) is 0.385. The molecule has 1 rings (SSSR count). The van der Waals surface area contributed by atoms with Crippen molar-refractivity contribution >= 4 is 11.9 Å². The lowest BCUT2D eigenvalue weighted by Gasteiger charge is -2.14. The molecule has 0 radical (unpaired) electrons. The molecule has 0 saturated carbocycles. The van der Waals surface area contributed by atoms with E-state index < -0.39 is 11.9 Å². The van der Waals surface area contributed by atoms with Crippen LogP contribution in [0.1, 0.15) is 24.8 Å². The smallest absolute Gasteiger partial charge is 0.312 e. The van der Waals surface area contributed by atoms with Gasteiger partial charge in [0.05, 0.1) is 5.92 Å². The van der Waals surface area contributed by atoms with Crippen LogP contribution < -0.4 is 11.1 Å². The van der Waals surface area contributed by atoms with Gasteiger partial charge in [-0.2, -0.15) is 0 Å². The zero-order valence-electron chi connectivity index (χ0n) is 10.3. The first kappa shape index (κ1) is 14.2. The van der Waals surface area contributed by atoms with E-state index in [2.05, 4.69) is 5.32 Å². The van der Waals surface area contributed by atoms with Crippen LogP contribution in [0.15, 0.2) is 30.3 Å². The fourth-order valence-corrected chi connectivity index (χ4v) is 1.61. The van der Waals surface area contributed by atoms with Crippen molar-refractivity contribution in [1.29, 1.82) is 0 Å². The second-order valence-electron chi connectivity index (χ2n) is 4.29. The molecule has 5 heteroatoms. The third-order valence-corrected chi connectivity index (χ3v) is 2.51. The fourth-order valence-electron chi connectivity index (χ4n) is 1.61. The number of hydrogen-bond acceptors (Lipinski definition) is 3. The molecule has 1 amide bonds. The number of carboxylic acid groups (broad SMARTS) is 1. The van der Waals surface area contributed by atoms with Crippen LogP contribution in [0.4, 0.5) is 0 Å². The molecule has 4 N–H and O–H groups in total. The van der Waals surface area contributed by atoms with Crippen LogP contribution in [0.5, 0.6) is 0 Å². The minimum Gasteiger partial charge on any atom is -0.481 e. The molecule has 2 unspecified atom stereocenters. The molecule has 2 atom stereocenters. The molecule has 0 aliphatic carbocycles. The van der Waals surface area contributed by atoms with E-state index in [1.54, 1.807) is 31.2 Å². The molecule has 1 aromatic rings. The maximum Gasteiger partial charge on any atom is 0.312 e. The Morgan fingerprint density at radius 3 is 2.44 bits per heavy atom. The lowest BCUT2D eigenvalue weighted by Crippen LogP contribution is -2.34. The molecule has 0 fully saturated rings. The molecule has 1 aromatic carbocycles. The number of aliphatic carboxylic acids is 1. The van der Waals surface area contributed by atoms with Gasteiger partial charge in [0.2, 0.25) is 5.91 Å². The van der Waals surface area contributed by atoms with Gasteiger partial charge in [-0.3, -0.25) is 9.59 Å². The topological polar surface area (TPSA) is 92.4 Å². The Bertz CT molecular complexity index is 404. The monoisotopic (exact) mass is 250 g/mol. The first-order valence-corrected chi connectivity index (χ1v) is 5.80. The lowest BCUT2D eigenvalue weighted by molar-refractivity contribution is -0.138. The highest BCUT2D eigenvalue weighted by Crippen LogP contribution is 2.14. The molecule has 0 heterocycles. The number of benzene rings is 1. The minimum atomic E-state index is -0.956. The van der Waals surface area contributed by atoms with Gasteiger partial charge in [-0.1, -0.05) is 30.3 Å². The number of rotatable bonds is 6. The summed E-state index contributed by atoms with van der Waals surface area (Å²) in [6, 6.07) is 8.60. The van der Waals surface area contributed by atoms with Gasteiger partial charge in [-0.15, -0.1) is 0 Å². The Kier molecular flexibility index (Phi) is 5.32. The molecule has 0 saturated heterocycles. The number of amides is 1. The van der Waals surface area contributed by atoms with Gasteiger partial charge in [0.1, 0.15) is 0 Å². The van der Waals surface area contributed by atoms with Crippen LogP contribution in [0.25, 0.3) is 0 Å². The third kappa shape index (κ3) is 4.55. The van der Waals surface area contributed by atoms with Gasteiger partial charge in [-0.05, 0) is 12.5 Å². The molecular weight excluding hydrogens is 232 g/mol. The summed E-state index contributed by atoms with van der Waals surface area (Å²) >= 11 is 0. The standard InChI is InChI=1S/C13H18N2O3/c1-9(14)7-12(16)15-8-11(13(17)18)10-5-3-2-4-6-10/h2-6,9,11H,7-8,14H2,1H3,(H,15,16)(H,17,18). The van der Waals surface area contributed by atoms with Crippen molar-refractivity contribution in [3.63, 3.8) is 0 Å². The predicted molar refractivity (Wildman–Crippen MR) is 68.1 cm³/mol. The Morgan fingerprint density at radius 2 is 1.94 bits per heavy atom. The Balaban J connectivity index is 2.60. The van der Waals surface area contributed by atoms with E-state index in [4.69, 9.17) is 10.8 Å². The average molecular weight is 250 g/mol. The molecule has 0 aliphatic rings. The van der Waals surface area contributed by atoms with Gasteiger partial charge in [0.15, 0.2) is 0 Å². The van der Waals surface area contributed by atoms with Crippen LogP contribution in [0.2, 0.25) is 0 Å². The van der Waals surface area contributed by atoms with E-state index in [1.165, 1.54) is 0 Å². The molecule has 0 aromatic heterocycles. The minimum absolute atomic E-state index is 0.0743. The van der Waals surface area contributed by atoms with Crippen LogP contribution in [0.3, 0.4) is 0 Å². The van der Waals surface area contributed by atoms with Gasteiger partial charge in [0.25, 0.3) is 0 Å². The summed E-state index contributed by atoms with van der Waals surface area (Å²) in [7, 11) is 0. The van der Waals surface area contributed by atoms with Crippen LogP contribution in [0, 0.1) is 0 Å². The third-order valence-electron chi connectivity index (χ3n) is 2.51. The average Bonchev–Trinajstić information content (AvgIpc) is 2.29. The summed E-state index contributed by atoms with van der Waals surface area (Å²) in [5.74, 6) is -1.92. The molecule has 0 spiro atoms. The first-order valence-electron chi connectivity index (χ1n) is 5.80. The van der Waals surface area contributed by atoms with E-state index in [9.17, 15) is 9.59 Å². The summed E-state index contributed by atoms with van der Waals surface area (Å²) < 4.78 is 0. The van der Waals surface area contributed by atoms with Crippen LogP contribution >= 0.6 is 0 Å². The molecule has 5 nitrogen and oxygen atoms in total. The van der Waals surface area contributed by atoms with Crippen molar-refractivity contribution in [2.45, 2.75) is 25.3 Å². The zero-order valence-corrected chi connectivity index (χ0v) is 10.3. The quantitative estimate of drug-likeness (QED) is 0.693. The van der Waals surface area contributed by atoms with Crippen molar-refractivity contribution in [2.75, 3.05) is 6.54 Å². The molecule has 98 valence electrons. The highest BCUT2D eigenvalue weighted by atomic mass is 16.4. The van der Waals surface area contributed by atoms with Gasteiger partial charge >= 0.3 is 5.97 Å². The summed E-state index contributed by atoms with van der Waals surface area (Å²) in [5.41, 5.74) is 6.17. The van der Waals surface area contributed by atoms with Crippen molar-refractivity contribution in [3.05, 3.63) is 35.9 Å².